The number of likely N-dealkylation sites (tertiary alicyclic amines) is 1. The van der Waals surface area contributed by atoms with E-state index in [0.29, 0.717) is 6.04 Å². The molecule has 2 nitrogen and oxygen atoms in total. The molecule has 1 aliphatic rings. The zero-order valence-electron chi connectivity index (χ0n) is 11.8. The molecule has 2 unspecified atom stereocenters. The first kappa shape index (κ1) is 14.0. The van der Waals surface area contributed by atoms with Gasteiger partial charge in [-0.25, -0.2) is 0 Å². The molecule has 0 aromatic rings. The van der Waals surface area contributed by atoms with Crippen LogP contribution in [0.5, 0.6) is 0 Å². The first-order valence-electron chi connectivity index (χ1n) is 6.98. The Hall–Kier alpha value is -0.0800. The highest BCUT2D eigenvalue weighted by molar-refractivity contribution is 4.85. The molecule has 1 aliphatic heterocycles. The van der Waals surface area contributed by atoms with E-state index < -0.39 is 0 Å². The minimum Gasteiger partial charge on any atom is -0.315 e. The fourth-order valence-electron chi connectivity index (χ4n) is 2.78. The molecule has 0 amide bonds. The van der Waals surface area contributed by atoms with Crippen molar-refractivity contribution in [1.29, 1.82) is 0 Å². The molecule has 2 atom stereocenters. The van der Waals surface area contributed by atoms with Crippen LogP contribution in [0.3, 0.4) is 0 Å². The van der Waals surface area contributed by atoms with Crippen LogP contribution in [0.25, 0.3) is 0 Å². The first-order chi connectivity index (χ1) is 7.52. The van der Waals surface area contributed by atoms with E-state index in [9.17, 15) is 0 Å². The van der Waals surface area contributed by atoms with Crippen LogP contribution in [-0.2, 0) is 0 Å². The van der Waals surface area contributed by atoms with Gasteiger partial charge < -0.3 is 5.32 Å². The largest absolute Gasteiger partial charge is 0.315 e. The Labute approximate surface area is 102 Å². The van der Waals surface area contributed by atoms with Gasteiger partial charge in [0, 0.05) is 18.6 Å². The van der Waals surface area contributed by atoms with Gasteiger partial charge in [0.05, 0.1) is 0 Å². The minimum atomic E-state index is 0.689. The summed E-state index contributed by atoms with van der Waals surface area (Å²) in [5, 5.41) is 3.58. The van der Waals surface area contributed by atoms with Crippen molar-refractivity contribution in [3.8, 4) is 0 Å². The monoisotopic (exact) mass is 226 g/mol. The van der Waals surface area contributed by atoms with Gasteiger partial charge in [-0.05, 0) is 44.7 Å². The molecular weight excluding hydrogens is 196 g/mol. The Morgan fingerprint density at radius 3 is 2.38 bits per heavy atom. The predicted molar refractivity (Wildman–Crippen MR) is 71.7 cm³/mol. The standard InChI is InChI=1S/C14H30N2/c1-11(2)9-15-10-13(5)16-8-6-7-14(16)12(3)4/h11-15H,6-10H2,1-5H3. The van der Waals surface area contributed by atoms with Crippen LogP contribution in [0.2, 0.25) is 0 Å². The smallest absolute Gasteiger partial charge is 0.0195 e. The maximum Gasteiger partial charge on any atom is 0.0195 e. The maximum atomic E-state index is 3.58. The average Bonchev–Trinajstić information content (AvgIpc) is 2.65. The second kappa shape index (κ2) is 6.61. The number of hydrogen-bond donors (Lipinski definition) is 1. The van der Waals surface area contributed by atoms with Crippen molar-refractivity contribution in [2.24, 2.45) is 11.8 Å². The molecule has 1 saturated heterocycles. The molecule has 1 fully saturated rings. The topological polar surface area (TPSA) is 15.3 Å². The Kier molecular flexibility index (Phi) is 5.77. The summed E-state index contributed by atoms with van der Waals surface area (Å²) in [6, 6.07) is 1.50. The van der Waals surface area contributed by atoms with Crippen molar-refractivity contribution in [3.05, 3.63) is 0 Å². The predicted octanol–water partition coefficient (Wildman–Crippen LogP) is 2.74. The zero-order chi connectivity index (χ0) is 12.1. The molecule has 0 aromatic heterocycles. The molecular formula is C14H30N2. The van der Waals surface area contributed by atoms with Crippen LogP contribution in [0.4, 0.5) is 0 Å². The lowest BCUT2D eigenvalue weighted by Crippen LogP contribution is -2.45. The Morgan fingerprint density at radius 1 is 1.12 bits per heavy atom. The summed E-state index contributed by atoms with van der Waals surface area (Å²) >= 11 is 0. The molecule has 1 rings (SSSR count). The van der Waals surface area contributed by atoms with E-state index in [4.69, 9.17) is 0 Å². The van der Waals surface area contributed by atoms with Crippen molar-refractivity contribution in [3.63, 3.8) is 0 Å². The van der Waals surface area contributed by atoms with Gasteiger partial charge in [-0.2, -0.15) is 0 Å². The Morgan fingerprint density at radius 2 is 1.81 bits per heavy atom. The summed E-state index contributed by atoms with van der Waals surface area (Å²) in [7, 11) is 0. The summed E-state index contributed by atoms with van der Waals surface area (Å²) in [4.78, 5) is 2.71. The van der Waals surface area contributed by atoms with E-state index in [2.05, 4.69) is 44.8 Å². The van der Waals surface area contributed by atoms with Crippen molar-refractivity contribution >= 4 is 0 Å². The van der Waals surface area contributed by atoms with Crippen LogP contribution < -0.4 is 5.32 Å². The van der Waals surface area contributed by atoms with E-state index in [-0.39, 0.29) is 0 Å². The van der Waals surface area contributed by atoms with E-state index in [1.165, 1.54) is 19.4 Å². The normalized spacial score (nSPS) is 24.6. The van der Waals surface area contributed by atoms with Crippen molar-refractivity contribution in [2.75, 3.05) is 19.6 Å². The highest BCUT2D eigenvalue weighted by Crippen LogP contribution is 2.25. The molecule has 1 N–H and O–H groups in total. The lowest BCUT2D eigenvalue weighted by atomic mass is 10.0. The van der Waals surface area contributed by atoms with Crippen molar-refractivity contribution in [2.45, 2.75) is 59.5 Å². The number of hydrogen-bond acceptors (Lipinski definition) is 2. The summed E-state index contributed by atoms with van der Waals surface area (Å²) in [5.41, 5.74) is 0. The summed E-state index contributed by atoms with van der Waals surface area (Å²) in [6.45, 7) is 15.2. The number of nitrogens with one attached hydrogen (secondary N) is 1. The average molecular weight is 226 g/mol. The molecule has 0 saturated carbocycles. The molecule has 0 aliphatic carbocycles. The minimum absolute atomic E-state index is 0.689. The summed E-state index contributed by atoms with van der Waals surface area (Å²) in [5.74, 6) is 1.56. The molecule has 16 heavy (non-hydrogen) atoms. The quantitative estimate of drug-likeness (QED) is 0.749. The van der Waals surface area contributed by atoms with Gasteiger partial charge in [-0.15, -0.1) is 0 Å². The molecule has 0 radical (unpaired) electrons. The van der Waals surface area contributed by atoms with Crippen LogP contribution in [0.1, 0.15) is 47.5 Å². The lowest BCUT2D eigenvalue weighted by Gasteiger charge is -2.33. The van der Waals surface area contributed by atoms with Gasteiger partial charge in [0.25, 0.3) is 0 Å². The van der Waals surface area contributed by atoms with E-state index in [1.807, 2.05) is 0 Å². The molecule has 0 bridgehead atoms. The number of rotatable bonds is 6. The first-order valence-corrected chi connectivity index (χ1v) is 6.98. The van der Waals surface area contributed by atoms with Gasteiger partial charge in [0.15, 0.2) is 0 Å². The third-order valence-corrected chi connectivity index (χ3v) is 3.67. The van der Waals surface area contributed by atoms with E-state index in [0.717, 1.165) is 31.0 Å². The third kappa shape index (κ3) is 4.06. The summed E-state index contributed by atoms with van der Waals surface area (Å²) in [6.07, 6.45) is 2.78. The second-order valence-corrected chi connectivity index (χ2v) is 6.09. The van der Waals surface area contributed by atoms with Gasteiger partial charge in [-0.3, -0.25) is 4.90 Å². The van der Waals surface area contributed by atoms with Crippen LogP contribution in [0.15, 0.2) is 0 Å². The third-order valence-electron chi connectivity index (χ3n) is 3.67. The SMILES string of the molecule is CC(C)CNCC(C)N1CCCC1C(C)C. The summed E-state index contributed by atoms with van der Waals surface area (Å²) < 4.78 is 0. The van der Waals surface area contributed by atoms with Gasteiger partial charge >= 0.3 is 0 Å². The van der Waals surface area contributed by atoms with E-state index in [1.54, 1.807) is 0 Å². The fraction of sp³-hybridized carbons (Fsp3) is 1.00. The second-order valence-electron chi connectivity index (χ2n) is 6.09. The van der Waals surface area contributed by atoms with Gasteiger partial charge in [0.1, 0.15) is 0 Å². The van der Waals surface area contributed by atoms with Crippen LogP contribution in [0, 0.1) is 11.8 Å². The van der Waals surface area contributed by atoms with Crippen molar-refractivity contribution < 1.29 is 0 Å². The van der Waals surface area contributed by atoms with Crippen LogP contribution >= 0.6 is 0 Å². The number of nitrogens with zero attached hydrogens (tertiary/aromatic N) is 1. The van der Waals surface area contributed by atoms with Crippen LogP contribution in [-0.4, -0.2) is 36.6 Å². The highest BCUT2D eigenvalue weighted by Gasteiger charge is 2.29. The molecule has 2 heteroatoms. The maximum absolute atomic E-state index is 3.58. The van der Waals surface area contributed by atoms with Gasteiger partial charge in [0.2, 0.25) is 0 Å². The molecule has 96 valence electrons. The molecule has 1 heterocycles. The van der Waals surface area contributed by atoms with Crippen molar-refractivity contribution in [1.82, 2.24) is 10.2 Å². The highest BCUT2D eigenvalue weighted by atomic mass is 15.2. The lowest BCUT2D eigenvalue weighted by molar-refractivity contribution is 0.152. The Balaban J connectivity index is 2.32. The molecule has 0 spiro atoms. The molecule has 0 aromatic carbocycles. The fourth-order valence-corrected chi connectivity index (χ4v) is 2.78. The van der Waals surface area contributed by atoms with E-state index >= 15 is 0 Å². The Bertz CT molecular complexity index is 189. The van der Waals surface area contributed by atoms with Gasteiger partial charge in [-0.1, -0.05) is 27.7 Å². The zero-order valence-corrected chi connectivity index (χ0v) is 11.8.